The molecule has 154 valence electrons. The highest BCUT2D eigenvalue weighted by atomic mass is 16.4. The second-order valence-corrected chi connectivity index (χ2v) is 7.85. The van der Waals surface area contributed by atoms with Crippen LogP contribution >= 0.6 is 0 Å². The second-order valence-electron chi connectivity index (χ2n) is 7.85. The van der Waals surface area contributed by atoms with Crippen LogP contribution in [-0.2, 0) is 0 Å². The maximum Gasteiger partial charge on any atom is 0.349 e. The maximum atomic E-state index is 12.9. The molecule has 1 fully saturated rings. The maximum absolute atomic E-state index is 12.9. The molecule has 1 aromatic heterocycles. The van der Waals surface area contributed by atoms with Gasteiger partial charge in [0, 0.05) is 37.1 Å². The molecule has 2 aromatic carbocycles. The van der Waals surface area contributed by atoms with E-state index < -0.39 is 5.63 Å². The Bertz CT molecular complexity index is 1140. The summed E-state index contributed by atoms with van der Waals surface area (Å²) < 4.78 is 5.28. The third-order valence-corrected chi connectivity index (χ3v) is 5.55. The first-order valence-electron chi connectivity index (χ1n) is 10.2. The van der Waals surface area contributed by atoms with E-state index in [0.29, 0.717) is 48.6 Å². The molecule has 1 aliphatic rings. The summed E-state index contributed by atoms with van der Waals surface area (Å²) >= 11 is 0. The molecule has 0 spiro atoms. The van der Waals surface area contributed by atoms with Gasteiger partial charge in [-0.15, -0.1) is 0 Å². The number of hydrogen-bond donors (Lipinski definition) is 0. The van der Waals surface area contributed by atoms with E-state index in [1.54, 1.807) is 34.1 Å². The fourth-order valence-electron chi connectivity index (χ4n) is 3.69. The van der Waals surface area contributed by atoms with Gasteiger partial charge in [-0.05, 0) is 35.7 Å². The van der Waals surface area contributed by atoms with Crippen LogP contribution < -0.4 is 5.63 Å². The van der Waals surface area contributed by atoms with Crippen LogP contribution in [0.25, 0.3) is 11.0 Å². The molecule has 0 unspecified atom stereocenters. The highest BCUT2D eigenvalue weighted by Crippen LogP contribution is 2.18. The van der Waals surface area contributed by atoms with E-state index >= 15 is 0 Å². The molecule has 30 heavy (non-hydrogen) atoms. The Labute approximate surface area is 174 Å². The van der Waals surface area contributed by atoms with Crippen molar-refractivity contribution in [3.8, 4) is 0 Å². The molecule has 6 nitrogen and oxygen atoms in total. The number of carbonyl (C=O) groups is 2. The van der Waals surface area contributed by atoms with Crippen LogP contribution in [0.4, 0.5) is 0 Å². The fraction of sp³-hybridized carbons (Fsp3) is 0.292. The Morgan fingerprint density at radius 1 is 0.867 bits per heavy atom. The number of carbonyl (C=O) groups excluding carboxylic acids is 2. The van der Waals surface area contributed by atoms with Crippen molar-refractivity contribution in [2.75, 3.05) is 26.2 Å². The van der Waals surface area contributed by atoms with Crippen LogP contribution in [0, 0.1) is 0 Å². The summed E-state index contributed by atoms with van der Waals surface area (Å²) in [6.45, 7) is 5.83. The first-order valence-corrected chi connectivity index (χ1v) is 10.2. The topological polar surface area (TPSA) is 70.8 Å². The van der Waals surface area contributed by atoms with E-state index in [2.05, 4.69) is 13.8 Å². The van der Waals surface area contributed by atoms with Crippen molar-refractivity contribution in [1.29, 1.82) is 0 Å². The molecule has 3 aromatic rings. The van der Waals surface area contributed by atoms with Crippen molar-refractivity contribution in [2.45, 2.75) is 19.8 Å². The molecule has 0 N–H and O–H groups in total. The molecule has 2 heterocycles. The number of amides is 2. The zero-order valence-corrected chi connectivity index (χ0v) is 17.1. The average Bonchev–Trinajstić information content (AvgIpc) is 2.78. The monoisotopic (exact) mass is 404 g/mol. The Morgan fingerprint density at radius 2 is 1.47 bits per heavy atom. The lowest BCUT2D eigenvalue weighted by molar-refractivity contribution is 0.0533. The normalized spacial score (nSPS) is 14.4. The first kappa shape index (κ1) is 19.9. The number of benzene rings is 2. The summed E-state index contributed by atoms with van der Waals surface area (Å²) in [5, 5.41) is 0.708. The van der Waals surface area contributed by atoms with Gasteiger partial charge in [0.25, 0.3) is 11.8 Å². The zero-order chi connectivity index (χ0) is 21.3. The second kappa shape index (κ2) is 8.14. The van der Waals surface area contributed by atoms with Gasteiger partial charge in [0.05, 0.1) is 0 Å². The van der Waals surface area contributed by atoms with Crippen LogP contribution in [0.15, 0.2) is 63.8 Å². The first-order chi connectivity index (χ1) is 14.4. The standard InChI is InChI=1S/C24H24N2O4/c1-16(2)17-7-9-18(10-8-17)22(27)25-11-13-26(14-12-25)23(28)20-15-19-5-3-4-6-21(19)30-24(20)29/h3-10,15-16H,11-14H2,1-2H3. The Hall–Kier alpha value is -3.41. The van der Waals surface area contributed by atoms with Crippen LogP contribution in [0.1, 0.15) is 46.0 Å². The van der Waals surface area contributed by atoms with Crippen molar-refractivity contribution in [3.63, 3.8) is 0 Å². The number of hydrogen-bond acceptors (Lipinski definition) is 4. The average molecular weight is 404 g/mol. The van der Waals surface area contributed by atoms with Crippen molar-refractivity contribution in [1.82, 2.24) is 9.80 Å². The summed E-state index contributed by atoms with van der Waals surface area (Å²) in [4.78, 5) is 41.3. The fourth-order valence-corrected chi connectivity index (χ4v) is 3.69. The number of rotatable bonds is 3. The summed E-state index contributed by atoms with van der Waals surface area (Å²) in [6, 6.07) is 16.4. The lowest BCUT2D eigenvalue weighted by atomic mass is 10.0. The van der Waals surface area contributed by atoms with E-state index in [4.69, 9.17) is 4.42 Å². The quantitative estimate of drug-likeness (QED) is 0.627. The number of fused-ring (bicyclic) bond motifs is 1. The molecule has 1 aliphatic heterocycles. The van der Waals surface area contributed by atoms with Gasteiger partial charge in [0.15, 0.2) is 0 Å². The van der Waals surface area contributed by atoms with E-state index in [1.807, 2.05) is 30.3 Å². The predicted octanol–water partition coefficient (Wildman–Crippen LogP) is 3.51. The minimum Gasteiger partial charge on any atom is -0.422 e. The molecule has 0 saturated carbocycles. The van der Waals surface area contributed by atoms with Gasteiger partial charge in [-0.3, -0.25) is 9.59 Å². The zero-order valence-electron chi connectivity index (χ0n) is 17.1. The molecule has 1 saturated heterocycles. The molecule has 6 heteroatoms. The minimum atomic E-state index is -0.637. The van der Waals surface area contributed by atoms with Crippen LogP contribution in [0.3, 0.4) is 0 Å². The van der Waals surface area contributed by atoms with Crippen molar-refractivity contribution < 1.29 is 14.0 Å². The van der Waals surface area contributed by atoms with E-state index in [9.17, 15) is 14.4 Å². The third-order valence-electron chi connectivity index (χ3n) is 5.55. The van der Waals surface area contributed by atoms with E-state index in [0.717, 1.165) is 0 Å². The van der Waals surface area contributed by atoms with Gasteiger partial charge < -0.3 is 14.2 Å². The smallest absolute Gasteiger partial charge is 0.349 e. The number of para-hydroxylation sites is 1. The molecule has 0 aliphatic carbocycles. The third kappa shape index (κ3) is 3.85. The SMILES string of the molecule is CC(C)c1ccc(C(=O)N2CCN(C(=O)c3cc4ccccc4oc3=O)CC2)cc1. The highest BCUT2D eigenvalue weighted by Gasteiger charge is 2.27. The van der Waals surface area contributed by atoms with Crippen molar-refractivity contribution >= 4 is 22.8 Å². The lowest BCUT2D eigenvalue weighted by Gasteiger charge is -2.34. The van der Waals surface area contributed by atoms with Crippen molar-refractivity contribution in [2.24, 2.45) is 0 Å². The van der Waals surface area contributed by atoms with Crippen LogP contribution in [0.2, 0.25) is 0 Å². The molecule has 4 rings (SSSR count). The van der Waals surface area contributed by atoms with Crippen LogP contribution in [0.5, 0.6) is 0 Å². The minimum absolute atomic E-state index is 0.0257. The van der Waals surface area contributed by atoms with Crippen molar-refractivity contribution in [3.05, 3.63) is 81.7 Å². The van der Waals surface area contributed by atoms with Gasteiger partial charge in [0.2, 0.25) is 0 Å². The molecule has 0 atom stereocenters. The predicted molar refractivity (Wildman–Crippen MR) is 115 cm³/mol. The van der Waals surface area contributed by atoms with Crippen LogP contribution in [-0.4, -0.2) is 47.8 Å². The Balaban J connectivity index is 1.44. The number of nitrogens with zero attached hydrogens (tertiary/aromatic N) is 2. The van der Waals surface area contributed by atoms with Gasteiger partial charge in [0.1, 0.15) is 11.1 Å². The van der Waals surface area contributed by atoms with Gasteiger partial charge in [-0.25, -0.2) is 4.79 Å². The molecule has 2 amide bonds. The molecule has 0 radical (unpaired) electrons. The molecular weight excluding hydrogens is 380 g/mol. The highest BCUT2D eigenvalue weighted by molar-refractivity contribution is 5.97. The summed E-state index contributed by atoms with van der Waals surface area (Å²) in [5.41, 5.74) is 1.68. The van der Waals surface area contributed by atoms with E-state index in [1.165, 1.54) is 5.56 Å². The summed E-state index contributed by atoms with van der Waals surface area (Å²) in [6.07, 6.45) is 0. The van der Waals surface area contributed by atoms with Gasteiger partial charge in [-0.1, -0.05) is 44.2 Å². The van der Waals surface area contributed by atoms with E-state index in [-0.39, 0.29) is 17.4 Å². The lowest BCUT2D eigenvalue weighted by Crippen LogP contribution is -2.51. The summed E-state index contributed by atoms with van der Waals surface area (Å²) in [7, 11) is 0. The molecular formula is C24H24N2O4. The molecule has 0 bridgehead atoms. The largest absolute Gasteiger partial charge is 0.422 e. The Kier molecular flexibility index (Phi) is 5.40. The van der Waals surface area contributed by atoms with Gasteiger partial charge >= 0.3 is 5.63 Å². The number of piperazine rings is 1. The summed E-state index contributed by atoms with van der Waals surface area (Å²) in [5.74, 6) is 0.0157. The Morgan fingerprint density at radius 3 is 2.10 bits per heavy atom. The van der Waals surface area contributed by atoms with Gasteiger partial charge in [-0.2, -0.15) is 0 Å².